The Morgan fingerprint density at radius 3 is 2.31 bits per heavy atom. The average molecular weight is 453 g/mol. The Labute approximate surface area is 189 Å². The van der Waals surface area contributed by atoms with Crippen LogP contribution in [0, 0.1) is 5.92 Å². The van der Waals surface area contributed by atoms with Crippen molar-refractivity contribution in [2.75, 3.05) is 31.6 Å². The molecular weight excluding hydrogens is 424 g/mol. The quantitative estimate of drug-likeness (QED) is 0.559. The number of piperidine rings is 1. The van der Waals surface area contributed by atoms with Gasteiger partial charge in [0.05, 0.1) is 11.5 Å². The molecule has 0 spiro atoms. The lowest BCUT2D eigenvalue weighted by atomic mass is 9.96. The lowest BCUT2D eigenvalue weighted by Crippen LogP contribution is -2.43. The van der Waals surface area contributed by atoms with Crippen molar-refractivity contribution in [2.45, 2.75) is 24.7 Å². The zero-order chi connectivity index (χ0) is 22.7. The molecule has 3 aromatic rings. The number of hydrogen-bond donors (Lipinski definition) is 0. The van der Waals surface area contributed by atoms with Crippen LogP contribution in [0.2, 0.25) is 0 Å². The van der Waals surface area contributed by atoms with Gasteiger partial charge in [-0.05, 0) is 66.9 Å². The highest BCUT2D eigenvalue weighted by atomic mass is 32.2. The summed E-state index contributed by atoms with van der Waals surface area (Å²) in [6.45, 7) is 3.07. The number of benzene rings is 3. The molecule has 1 heterocycles. The van der Waals surface area contributed by atoms with E-state index in [4.69, 9.17) is 4.74 Å². The lowest BCUT2D eigenvalue weighted by molar-refractivity contribution is -0.123. The van der Waals surface area contributed by atoms with Crippen LogP contribution >= 0.6 is 0 Å². The first kappa shape index (κ1) is 22.3. The second-order valence-corrected chi connectivity index (χ2v) is 9.95. The van der Waals surface area contributed by atoms with Crippen LogP contribution in [0.4, 0.5) is 5.69 Å². The van der Waals surface area contributed by atoms with Crippen molar-refractivity contribution in [1.29, 1.82) is 0 Å². The normalized spacial score (nSPS) is 15.6. The van der Waals surface area contributed by atoms with E-state index in [9.17, 15) is 13.2 Å². The summed E-state index contributed by atoms with van der Waals surface area (Å²) in [5.74, 6) is 0.476. The highest BCUT2D eigenvalue weighted by Gasteiger charge is 2.33. The molecule has 0 aliphatic carbocycles. The zero-order valence-corrected chi connectivity index (χ0v) is 19.2. The summed E-state index contributed by atoms with van der Waals surface area (Å²) in [4.78, 5) is 15.0. The fourth-order valence-corrected chi connectivity index (χ4v) is 5.62. The molecule has 0 bridgehead atoms. The Bertz CT molecular complexity index is 1200. The highest BCUT2D eigenvalue weighted by molar-refractivity contribution is 7.89. The largest absolute Gasteiger partial charge is 0.494 e. The number of carbonyl (C=O) groups is 1. The number of fused-ring (bicyclic) bond motifs is 1. The Hall–Kier alpha value is -2.90. The molecule has 0 radical (unpaired) electrons. The summed E-state index contributed by atoms with van der Waals surface area (Å²) in [6, 6.07) is 20.5. The Morgan fingerprint density at radius 1 is 1.00 bits per heavy atom. The number of anilines is 1. The molecule has 0 atom stereocenters. The number of ether oxygens (including phenoxy) is 1. The molecule has 0 aromatic heterocycles. The second kappa shape index (κ2) is 9.30. The van der Waals surface area contributed by atoms with Gasteiger partial charge >= 0.3 is 0 Å². The molecule has 0 saturated carbocycles. The number of hydrogen-bond acceptors (Lipinski definition) is 4. The molecule has 168 valence electrons. The molecule has 32 heavy (non-hydrogen) atoms. The first-order valence-electron chi connectivity index (χ1n) is 10.9. The summed E-state index contributed by atoms with van der Waals surface area (Å²) in [5, 5.41) is 2.21. The maximum atomic E-state index is 13.1. The van der Waals surface area contributed by atoms with Gasteiger partial charge in [-0.1, -0.05) is 30.3 Å². The van der Waals surface area contributed by atoms with Gasteiger partial charge in [0.1, 0.15) is 5.75 Å². The summed E-state index contributed by atoms with van der Waals surface area (Å²) < 4.78 is 32.9. The van der Waals surface area contributed by atoms with Gasteiger partial charge in [0.2, 0.25) is 15.9 Å². The van der Waals surface area contributed by atoms with Crippen molar-refractivity contribution >= 4 is 32.4 Å². The Morgan fingerprint density at radius 2 is 1.66 bits per heavy atom. The molecule has 1 amide bonds. The molecule has 0 N–H and O–H groups in total. The third kappa shape index (κ3) is 4.49. The number of amides is 1. The van der Waals surface area contributed by atoms with Gasteiger partial charge in [-0.3, -0.25) is 4.79 Å². The molecule has 1 saturated heterocycles. The van der Waals surface area contributed by atoms with Crippen LogP contribution in [-0.2, 0) is 14.8 Å². The summed E-state index contributed by atoms with van der Waals surface area (Å²) in [7, 11) is -1.80. The maximum Gasteiger partial charge on any atom is 0.243 e. The third-order valence-corrected chi connectivity index (χ3v) is 7.94. The van der Waals surface area contributed by atoms with Gasteiger partial charge in [-0.25, -0.2) is 8.42 Å². The number of sulfonamides is 1. The van der Waals surface area contributed by atoms with Crippen LogP contribution in [0.1, 0.15) is 19.8 Å². The number of nitrogens with zero attached hydrogens (tertiary/aromatic N) is 2. The smallest absolute Gasteiger partial charge is 0.243 e. The van der Waals surface area contributed by atoms with Crippen molar-refractivity contribution in [1.82, 2.24) is 4.31 Å². The lowest BCUT2D eigenvalue weighted by Gasteiger charge is -2.32. The summed E-state index contributed by atoms with van der Waals surface area (Å²) in [6.07, 6.45) is 1.01. The predicted octanol–water partition coefficient (Wildman–Crippen LogP) is 4.30. The topological polar surface area (TPSA) is 66.9 Å². The molecule has 3 aromatic carbocycles. The van der Waals surface area contributed by atoms with Gasteiger partial charge in [-0.2, -0.15) is 4.31 Å². The van der Waals surface area contributed by atoms with Crippen molar-refractivity contribution < 1.29 is 17.9 Å². The van der Waals surface area contributed by atoms with Crippen molar-refractivity contribution in [3.05, 3.63) is 66.7 Å². The number of rotatable bonds is 6. The van der Waals surface area contributed by atoms with Gasteiger partial charge in [0, 0.05) is 31.7 Å². The minimum Gasteiger partial charge on any atom is -0.494 e. The van der Waals surface area contributed by atoms with Gasteiger partial charge < -0.3 is 9.64 Å². The van der Waals surface area contributed by atoms with Crippen molar-refractivity contribution in [2.24, 2.45) is 5.92 Å². The minimum absolute atomic E-state index is 0.0263. The third-order valence-electron chi connectivity index (χ3n) is 6.03. The second-order valence-electron chi connectivity index (χ2n) is 8.01. The molecular formula is C25H28N2O4S. The molecule has 6 nitrogen and oxygen atoms in total. The van der Waals surface area contributed by atoms with Crippen molar-refractivity contribution in [3.8, 4) is 5.75 Å². The SMILES string of the molecule is CCOc1ccc(S(=O)(=O)N2CCC(C(=O)N(C)c3ccc4ccccc4c3)CC2)cc1. The average Bonchev–Trinajstić information content (AvgIpc) is 2.83. The van der Waals surface area contributed by atoms with Crippen molar-refractivity contribution in [3.63, 3.8) is 0 Å². The van der Waals surface area contributed by atoms with E-state index in [-0.39, 0.29) is 16.7 Å². The fourth-order valence-electron chi connectivity index (χ4n) is 4.15. The summed E-state index contributed by atoms with van der Waals surface area (Å²) in [5.41, 5.74) is 0.845. The van der Waals surface area contributed by atoms with Crippen LogP contribution in [0.15, 0.2) is 71.6 Å². The van der Waals surface area contributed by atoms with Crippen LogP contribution in [0.25, 0.3) is 10.8 Å². The molecule has 1 aliphatic heterocycles. The Balaban J connectivity index is 1.41. The van der Waals surface area contributed by atoms with E-state index in [0.717, 1.165) is 16.5 Å². The first-order chi connectivity index (χ1) is 15.4. The van der Waals surface area contributed by atoms with E-state index in [1.54, 1.807) is 36.2 Å². The molecule has 1 fully saturated rings. The first-order valence-corrected chi connectivity index (χ1v) is 12.3. The van der Waals surface area contributed by atoms with E-state index >= 15 is 0 Å². The maximum absolute atomic E-state index is 13.1. The van der Waals surface area contributed by atoms with Gasteiger partial charge in [0.25, 0.3) is 0 Å². The van der Waals surface area contributed by atoms with E-state index in [1.165, 1.54) is 4.31 Å². The standard InChI is InChI=1S/C25H28N2O4S/c1-3-31-23-10-12-24(13-11-23)32(29,30)27-16-14-20(15-17-27)25(28)26(2)22-9-8-19-6-4-5-7-21(19)18-22/h4-13,18,20H,3,14-17H2,1-2H3. The Kier molecular flexibility index (Phi) is 6.48. The fraction of sp³-hybridized carbons (Fsp3) is 0.320. The predicted molar refractivity (Wildman–Crippen MR) is 126 cm³/mol. The summed E-state index contributed by atoms with van der Waals surface area (Å²) >= 11 is 0. The van der Waals surface area contributed by atoms with E-state index < -0.39 is 10.0 Å². The highest BCUT2D eigenvalue weighted by Crippen LogP contribution is 2.28. The van der Waals surface area contributed by atoms with E-state index in [1.807, 2.05) is 49.4 Å². The van der Waals surface area contributed by atoms with Gasteiger partial charge in [0.15, 0.2) is 0 Å². The van der Waals surface area contributed by atoms with Crippen LogP contribution in [0.5, 0.6) is 5.75 Å². The molecule has 4 rings (SSSR count). The molecule has 1 aliphatic rings. The van der Waals surface area contributed by atoms with Crippen LogP contribution in [0.3, 0.4) is 0 Å². The monoisotopic (exact) mass is 452 g/mol. The minimum atomic E-state index is -3.59. The van der Waals surface area contributed by atoms with Gasteiger partial charge in [-0.15, -0.1) is 0 Å². The van der Waals surface area contributed by atoms with Crippen LogP contribution in [-0.4, -0.2) is 45.4 Å². The zero-order valence-electron chi connectivity index (χ0n) is 18.4. The van der Waals surface area contributed by atoms with E-state index in [0.29, 0.717) is 38.3 Å². The van der Waals surface area contributed by atoms with E-state index in [2.05, 4.69) is 0 Å². The number of carbonyl (C=O) groups excluding carboxylic acids is 1. The molecule has 0 unspecified atom stereocenters. The van der Waals surface area contributed by atoms with Crippen LogP contribution < -0.4 is 9.64 Å². The molecule has 7 heteroatoms.